The van der Waals surface area contributed by atoms with E-state index >= 15 is 0 Å². The third kappa shape index (κ3) is 7.01. The first-order chi connectivity index (χ1) is 13.0. The number of amides is 2. The number of nitrogens with one attached hydrogen (secondary N) is 2. The highest BCUT2D eigenvalue weighted by molar-refractivity contribution is 5.76. The van der Waals surface area contributed by atoms with E-state index in [1.54, 1.807) is 21.0 Å². The van der Waals surface area contributed by atoms with E-state index < -0.39 is 6.04 Å². The fourth-order valence-corrected chi connectivity index (χ4v) is 2.55. The Morgan fingerprint density at radius 3 is 2.26 bits per heavy atom. The van der Waals surface area contributed by atoms with Crippen LogP contribution in [0.2, 0.25) is 0 Å². The molecule has 0 heterocycles. The van der Waals surface area contributed by atoms with Gasteiger partial charge in [-0.05, 0) is 37.1 Å². The molecular formula is C21H26N2O4. The van der Waals surface area contributed by atoms with Crippen molar-refractivity contribution in [3.05, 3.63) is 65.7 Å². The van der Waals surface area contributed by atoms with Crippen LogP contribution in [-0.2, 0) is 16.1 Å². The summed E-state index contributed by atoms with van der Waals surface area (Å²) in [4.78, 5) is 24.4. The van der Waals surface area contributed by atoms with Gasteiger partial charge in [-0.3, -0.25) is 4.79 Å². The van der Waals surface area contributed by atoms with E-state index in [2.05, 4.69) is 10.6 Å². The van der Waals surface area contributed by atoms with Gasteiger partial charge in [0.1, 0.15) is 5.75 Å². The highest BCUT2D eigenvalue weighted by Crippen LogP contribution is 2.18. The summed E-state index contributed by atoms with van der Waals surface area (Å²) in [5, 5.41) is 5.66. The maximum Gasteiger partial charge on any atom is 0.315 e. The molecule has 2 rings (SSSR count). The summed E-state index contributed by atoms with van der Waals surface area (Å²) in [6, 6.07) is 16.0. The lowest BCUT2D eigenvalue weighted by molar-refractivity contribution is -0.147. The normalized spacial score (nSPS) is 11.6. The molecule has 0 fully saturated rings. The van der Waals surface area contributed by atoms with Crippen LogP contribution in [0, 0.1) is 0 Å². The number of urea groups is 1. The van der Waals surface area contributed by atoms with Gasteiger partial charge in [-0.2, -0.15) is 0 Å². The van der Waals surface area contributed by atoms with E-state index in [1.165, 1.54) is 0 Å². The van der Waals surface area contributed by atoms with Gasteiger partial charge in [0.15, 0.2) is 0 Å². The van der Waals surface area contributed by atoms with Crippen LogP contribution < -0.4 is 15.4 Å². The van der Waals surface area contributed by atoms with E-state index in [0.29, 0.717) is 6.54 Å². The minimum absolute atomic E-state index is 0.0676. The van der Waals surface area contributed by atoms with Crippen molar-refractivity contribution in [3.8, 4) is 5.75 Å². The van der Waals surface area contributed by atoms with Gasteiger partial charge < -0.3 is 20.1 Å². The molecule has 6 heteroatoms. The summed E-state index contributed by atoms with van der Waals surface area (Å²) >= 11 is 0. The van der Waals surface area contributed by atoms with Gasteiger partial charge in [-0.15, -0.1) is 0 Å². The summed E-state index contributed by atoms with van der Waals surface area (Å²) in [6.45, 7) is 3.96. The van der Waals surface area contributed by atoms with Crippen molar-refractivity contribution in [1.29, 1.82) is 0 Å². The zero-order valence-electron chi connectivity index (χ0n) is 15.9. The summed E-state index contributed by atoms with van der Waals surface area (Å²) in [5.74, 6) is 0.408. The largest absolute Gasteiger partial charge is 0.497 e. The second-order valence-electron chi connectivity index (χ2n) is 6.38. The smallest absolute Gasteiger partial charge is 0.315 e. The molecule has 2 aromatic rings. The molecule has 144 valence electrons. The second kappa shape index (κ2) is 10.2. The van der Waals surface area contributed by atoms with Gasteiger partial charge >= 0.3 is 12.0 Å². The number of carbonyl (C=O) groups is 2. The predicted octanol–water partition coefficient (Wildman–Crippen LogP) is 3.58. The lowest BCUT2D eigenvalue weighted by Crippen LogP contribution is -2.38. The van der Waals surface area contributed by atoms with Crippen molar-refractivity contribution >= 4 is 12.0 Å². The first kappa shape index (κ1) is 20.3. The van der Waals surface area contributed by atoms with Crippen LogP contribution >= 0.6 is 0 Å². The third-order valence-electron chi connectivity index (χ3n) is 3.86. The molecule has 0 saturated carbocycles. The van der Waals surface area contributed by atoms with E-state index in [-0.39, 0.29) is 24.5 Å². The number of rotatable bonds is 8. The zero-order chi connectivity index (χ0) is 19.6. The maximum absolute atomic E-state index is 12.3. The van der Waals surface area contributed by atoms with Crippen LogP contribution in [0.15, 0.2) is 54.6 Å². The number of hydrogen-bond donors (Lipinski definition) is 2. The molecule has 0 saturated heterocycles. The van der Waals surface area contributed by atoms with Gasteiger partial charge in [0.2, 0.25) is 0 Å². The Hall–Kier alpha value is -3.02. The average Bonchev–Trinajstić information content (AvgIpc) is 2.66. The van der Waals surface area contributed by atoms with Gasteiger partial charge in [0.05, 0.1) is 25.7 Å². The summed E-state index contributed by atoms with van der Waals surface area (Å²) in [5.41, 5.74) is 1.79. The number of ether oxygens (including phenoxy) is 2. The molecule has 0 aliphatic heterocycles. The van der Waals surface area contributed by atoms with Gasteiger partial charge in [-0.25, -0.2) is 4.79 Å². The molecule has 27 heavy (non-hydrogen) atoms. The van der Waals surface area contributed by atoms with Crippen molar-refractivity contribution in [2.24, 2.45) is 0 Å². The van der Waals surface area contributed by atoms with Crippen LogP contribution in [0.25, 0.3) is 0 Å². The number of esters is 1. The quantitative estimate of drug-likeness (QED) is 0.697. The molecule has 0 radical (unpaired) electrons. The summed E-state index contributed by atoms with van der Waals surface area (Å²) < 4.78 is 10.3. The van der Waals surface area contributed by atoms with E-state index in [1.807, 2.05) is 54.6 Å². The molecule has 0 aliphatic carbocycles. The topological polar surface area (TPSA) is 76.7 Å². The molecule has 1 unspecified atom stereocenters. The molecule has 0 aliphatic rings. The zero-order valence-corrected chi connectivity index (χ0v) is 15.9. The van der Waals surface area contributed by atoms with Crippen LogP contribution in [0.1, 0.15) is 37.4 Å². The lowest BCUT2D eigenvalue weighted by atomic mass is 10.0. The number of methoxy groups -OCH3 is 1. The van der Waals surface area contributed by atoms with Crippen molar-refractivity contribution in [1.82, 2.24) is 10.6 Å². The number of benzene rings is 2. The third-order valence-corrected chi connectivity index (χ3v) is 3.86. The Bertz CT molecular complexity index is 730. The minimum Gasteiger partial charge on any atom is -0.497 e. The van der Waals surface area contributed by atoms with E-state index in [0.717, 1.165) is 16.9 Å². The van der Waals surface area contributed by atoms with Crippen molar-refractivity contribution < 1.29 is 19.1 Å². The Morgan fingerprint density at radius 1 is 1.00 bits per heavy atom. The SMILES string of the molecule is COc1ccc(CNC(=O)NC(CC(=O)OC(C)C)c2ccccc2)cc1. The Kier molecular flexibility index (Phi) is 7.67. The van der Waals surface area contributed by atoms with Crippen molar-refractivity contribution in [2.75, 3.05) is 7.11 Å². The minimum atomic E-state index is -0.465. The molecule has 2 amide bonds. The molecular weight excluding hydrogens is 344 g/mol. The Labute approximate surface area is 159 Å². The molecule has 0 aromatic heterocycles. The van der Waals surface area contributed by atoms with Crippen LogP contribution in [0.3, 0.4) is 0 Å². The van der Waals surface area contributed by atoms with Crippen LogP contribution in [0.4, 0.5) is 4.79 Å². The van der Waals surface area contributed by atoms with E-state index in [9.17, 15) is 9.59 Å². The first-order valence-electron chi connectivity index (χ1n) is 8.89. The predicted molar refractivity (Wildman–Crippen MR) is 103 cm³/mol. The standard InChI is InChI=1S/C21H26N2O4/c1-15(2)27-20(24)13-19(17-7-5-4-6-8-17)23-21(25)22-14-16-9-11-18(26-3)12-10-16/h4-12,15,19H,13-14H2,1-3H3,(H2,22,23,25). The monoisotopic (exact) mass is 370 g/mol. The highest BCUT2D eigenvalue weighted by atomic mass is 16.5. The molecule has 2 N–H and O–H groups in total. The molecule has 1 atom stereocenters. The number of carbonyl (C=O) groups excluding carboxylic acids is 2. The van der Waals surface area contributed by atoms with Crippen LogP contribution in [-0.4, -0.2) is 25.2 Å². The van der Waals surface area contributed by atoms with E-state index in [4.69, 9.17) is 9.47 Å². The maximum atomic E-state index is 12.3. The Balaban J connectivity index is 1.96. The second-order valence-corrected chi connectivity index (χ2v) is 6.38. The molecule has 0 bridgehead atoms. The van der Waals surface area contributed by atoms with Crippen LogP contribution in [0.5, 0.6) is 5.75 Å². The highest BCUT2D eigenvalue weighted by Gasteiger charge is 2.19. The Morgan fingerprint density at radius 2 is 1.67 bits per heavy atom. The van der Waals surface area contributed by atoms with Crippen molar-refractivity contribution in [2.45, 2.75) is 39.0 Å². The molecule has 2 aromatic carbocycles. The average molecular weight is 370 g/mol. The van der Waals surface area contributed by atoms with Crippen molar-refractivity contribution in [3.63, 3.8) is 0 Å². The van der Waals surface area contributed by atoms with Gasteiger partial charge in [0, 0.05) is 6.54 Å². The summed E-state index contributed by atoms with van der Waals surface area (Å²) in [6.07, 6.45) is -0.129. The summed E-state index contributed by atoms with van der Waals surface area (Å²) in [7, 11) is 1.61. The number of hydrogen-bond acceptors (Lipinski definition) is 4. The fraction of sp³-hybridized carbons (Fsp3) is 0.333. The van der Waals surface area contributed by atoms with Gasteiger partial charge in [0.25, 0.3) is 0 Å². The molecule has 0 spiro atoms. The molecule has 6 nitrogen and oxygen atoms in total. The first-order valence-corrected chi connectivity index (χ1v) is 8.89. The van der Waals surface area contributed by atoms with Gasteiger partial charge in [-0.1, -0.05) is 42.5 Å². The fourth-order valence-electron chi connectivity index (χ4n) is 2.55. The lowest BCUT2D eigenvalue weighted by Gasteiger charge is -2.20.